The predicted octanol–water partition coefficient (Wildman–Crippen LogP) is 3.65. The number of nitrogens with zero attached hydrogens (tertiary/aromatic N) is 2. The Morgan fingerprint density at radius 3 is 2.72 bits per heavy atom. The molecule has 0 aliphatic carbocycles. The van der Waals surface area contributed by atoms with E-state index in [-0.39, 0.29) is 18.3 Å². The molecule has 0 unspecified atom stereocenters. The number of hydrogen-bond acceptors (Lipinski definition) is 7. The first-order valence-electron chi connectivity index (χ1n) is 10.4. The maximum absolute atomic E-state index is 13.6. The van der Waals surface area contributed by atoms with E-state index in [0.717, 1.165) is 10.4 Å². The van der Waals surface area contributed by atoms with Gasteiger partial charge in [-0.05, 0) is 51.3 Å². The molecule has 0 amide bonds. The minimum absolute atomic E-state index is 0.0133. The van der Waals surface area contributed by atoms with Crippen LogP contribution in [0.4, 0.5) is 0 Å². The van der Waals surface area contributed by atoms with Gasteiger partial charge in [0.2, 0.25) is 0 Å². The lowest BCUT2D eigenvalue weighted by Gasteiger charge is -2.23. The average molecular weight is 469 g/mol. The summed E-state index contributed by atoms with van der Waals surface area (Å²) in [7, 11) is 0. The second-order valence-electron chi connectivity index (χ2n) is 7.52. The Kier molecular flexibility index (Phi) is 6.43. The Hall–Kier alpha value is -2.97. The minimum Gasteiger partial charge on any atom is -0.490 e. The number of hydrogen-bond donors (Lipinski definition) is 0. The number of para-hydroxylation sites is 1. The van der Waals surface area contributed by atoms with Crippen molar-refractivity contribution in [3.05, 3.63) is 83.2 Å². The lowest BCUT2D eigenvalue weighted by atomic mass is 10.0. The van der Waals surface area contributed by atoms with E-state index in [2.05, 4.69) is 4.99 Å². The van der Waals surface area contributed by atoms with Gasteiger partial charge in [-0.2, -0.15) is 0 Å². The topological polar surface area (TPSA) is 69.9 Å². The van der Waals surface area contributed by atoms with Crippen molar-refractivity contribution in [1.82, 2.24) is 4.57 Å². The van der Waals surface area contributed by atoms with Crippen molar-refractivity contribution in [2.75, 3.05) is 6.61 Å². The van der Waals surface area contributed by atoms with Crippen molar-refractivity contribution in [2.45, 2.75) is 39.8 Å². The molecule has 3 aromatic rings. The molecule has 0 saturated carbocycles. The molecule has 0 fully saturated rings. The molecule has 1 aliphatic rings. The van der Waals surface area contributed by atoms with E-state index in [1.807, 2.05) is 61.7 Å². The standard InChI is InChI=1S/C24H24N2O4S2/c1-5-29-23(28)20-15(4)25-24-26(21(20)18-11-8-12-31-18)22(27)19(32-24)13-16-9-6-7-10-17(16)30-14(2)3/h6-14,21H,5H2,1-4H3/b19-13-/t21-/m0/s1. The maximum Gasteiger partial charge on any atom is 0.338 e. The van der Waals surface area contributed by atoms with Crippen LogP contribution in [0.25, 0.3) is 6.08 Å². The zero-order chi connectivity index (χ0) is 22.8. The number of benzene rings is 1. The summed E-state index contributed by atoms with van der Waals surface area (Å²) in [5, 5.41) is 1.93. The van der Waals surface area contributed by atoms with E-state index in [1.165, 1.54) is 22.7 Å². The van der Waals surface area contributed by atoms with Crippen LogP contribution in [0, 0.1) is 0 Å². The van der Waals surface area contributed by atoms with Gasteiger partial charge >= 0.3 is 5.97 Å². The second-order valence-corrected chi connectivity index (χ2v) is 9.51. The summed E-state index contributed by atoms with van der Waals surface area (Å²) in [5.74, 6) is 0.267. The van der Waals surface area contributed by atoms with Crippen LogP contribution in [-0.4, -0.2) is 23.2 Å². The van der Waals surface area contributed by atoms with Crippen LogP contribution >= 0.6 is 22.7 Å². The van der Waals surface area contributed by atoms with Crippen LogP contribution in [0.15, 0.2) is 62.8 Å². The molecule has 0 saturated heterocycles. The zero-order valence-electron chi connectivity index (χ0n) is 18.3. The lowest BCUT2D eigenvalue weighted by molar-refractivity contribution is -0.139. The van der Waals surface area contributed by atoms with Gasteiger partial charge in [0.1, 0.15) is 11.8 Å². The summed E-state index contributed by atoms with van der Waals surface area (Å²) in [6.07, 6.45) is 1.84. The molecule has 0 N–H and O–H groups in total. The Bertz CT molecular complexity index is 1350. The van der Waals surface area contributed by atoms with Crippen molar-refractivity contribution in [2.24, 2.45) is 4.99 Å². The molecule has 2 aromatic heterocycles. The summed E-state index contributed by atoms with van der Waals surface area (Å²) in [6.45, 7) is 7.73. The van der Waals surface area contributed by atoms with Gasteiger partial charge < -0.3 is 9.47 Å². The van der Waals surface area contributed by atoms with E-state index in [1.54, 1.807) is 18.4 Å². The van der Waals surface area contributed by atoms with Gasteiger partial charge in [-0.25, -0.2) is 9.79 Å². The van der Waals surface area contributed by atoms with Gasteiger partial charge in [-0.1, -0.05) is 35.6 Å². The number of ether oxygens (including phenoxy) is 2. The molecular formula is C24H24N2O4S2. The third-order valence-corrected chi connectivity index (χ3v) is 6.81. The second kappa shape index (κ2) is 9.26. The van der Waals surface area contributed by atoms with Crippen molar-refractivity contribution >= 4 is 34.7 Å². The summed E-state index contributed by atoms with van der Waals surface area (Å²) in [4.78, 5) is 32.4. The van der Waals surface area contributed by atoms with E-state index >= 15 is 0 Å². The summed E-state index contributed by atoms with van der Waals surface area (Å²) in [5.41, 5.74) is 1.59. The van der Waals surface area contributed by atoms with Crippen molar-refractivity contribution in [3.63, 3.8) is 0 Å². The highest BCUT2D eigenvalue weighted by Gasteiger charge is 2.33. The molecule has 1 aromatic carbocycles. The van der Waals surface area contributed by atoms with E-state index in [0.29, 0.717) is 26.4 Å². The van der Waals surface area contributed by atoms with Crippen LogP contribution in [-0.2, 0) is 9.53 Å². The van der Waals surface area contributed by atoms with Crippen LogP contribution in [0.5, 0.6) is 5.75 Å². The number of carbonyl (C=O) groups is 1. The number of aromatic nitrogens is 1. The molecule has 4 rings (SSSR count). The molecule has 166 valence electrons. The third kappa shape index (κ3) is 4.20. The van der Waals surface area contributed by atoms with Crippen molar-refractivity contribution in [3.8, 4) is 5.75 Å². The van der Waals surface area contributed by atoms with Gasteiger partial charge in [0.25, 0.3) is 5.56 Å². The van der Waals surface area contributed by atoms with Crippen LogP contribution in [0.1, 0.15) is 44.2 Å². The van der Waals surface area contributed by atoms with Crippen LogP contribution in [0.2, 0.25) is 0 Å². The van der Waals surface area contributed by atoms with Gasteiger partial charge in [0.05, 0.1) is 28.5 Å². The number of allylic oxidation sites excluding steroid dienone is 1. The number of thiazole rings is 1. The van der Waals surface area contributed by atoms with Gasteiger partial charge in [0.15, 0.2) is 4.80 Å². The first-order chi connectivity index (χ1) is 15.4. The molecule has 6 nitrogen and oxygen atoms in total. The number of carbonyl (C=O) groups excluding carboxylic acids is 1. The fourth-order valence-corrected chi connectivity index (χ4v) is 5.47. The molecule has 0 bridgehead atoms. The molecule has 1 atom stereocenters. The summed E-state index contributed by atoms with van der Waals surface area (Å²) < 4.78 is 13.3. The quantitative estimate of drug-likeness (QED) is 0.518. The van der Waals surface area contributed by atoms with E-state index in [9.17, 15) is 9.59 Å². The van der Waals surface area contributed by atoms with Gasteiger partial charge in [-0.15, -0.1) is 11.3 Å². The Morgan fingerprint density at radius 1 is 1.25 bits per heavy atom. The molecule has 0 spiro atoms. The lowest BCUT2D eigenvalue weighted by Crippen LogP contribution is -2.39. The molecular weight excluding hydrogens is 444 g/mol. The molecule has 0 radical (unpaired) electrons. The molecule has 32 heavy (non-hydrogen) atoms. The average Bonchev–Trinajstić information content (AvgIpc) is 3.37. The Morgan fingerprint density at radius 2 is 2.03 bits per heavy atom. The van der Waals surface area contributed by atoms with Gasteiger partial charge in [0, 0.05) is 10.4 Å². The SMILES string of the molecule is CCOC(=O)C1=C(C)N=c2s/c(=C\c3ccccc3OC(C)C)c(=O)n2[C@H]1c1cccs1. The predicted molar refractivity (Wildman–Crippen MR) is 127 cm³/mol. The molecule has 1 aliphatic heterocycles. The number of thiophene rings is 1. The van der Waals surface area contributed by atoms with Crippen LogP contribution in [0.3, 0.4) is 0 Å². The fraction of sp³-hybridized carbons (Fsp3) is 0.292. The Balaban J connectivity index is 1.91. The zero-order valence-corrected chi connectivity index (χ0v) is 20.0. The van der Waals surface area contributed by atoms with Gasteiger partial charge in [-0.3, -0.25) is 9.36 Å². The van der Waals surface area contributed by atoms with E-state index < -0.39 is 12.0 Å². The number of esters is 1. The highest BCUT2D eigenvalue weighted by Crippen LogP contribution is 2.33. The smallest absolute Gasteiger partial charge is 0.338 e. The summed E-state index contributed by atoms with van der Waals surface area (Å²) >= 11 is 2.80. The van der Waals surface area contributed by atoms with Crippen molar-refractivity contribution in [1.29, 1.82) is 0 Å². The summed E-state index contributed by atoms with van der Waals surface area (Å²) in [6, 6.07) is 10.9. The first-order valence-corrected chi connectivity index (χ1v) is 12.1. The maximum atomic E-state index is 13.6. The van der Waals surface area contributed by atoms with Crippen molar-refractivity contribution < 1.29 is 14.3 Å². The first kappa shape index (κ1) is 22.2. The largest absolute Gasteiger partial charge is 0.490 e. The monoisotopic (exact) mass is 468 g/mol. The molecule has 8 heteroatoms. The Labute approximate surface area is 193 Å². The highest BCUT2D eigenvalue weighted by molar-refractivity contribution is 7.10. The van der Waals surface area contributed by atoms with Crippen LogP contribution < -0.4 is 19.6 Å². The molecule has 3 heterocycles. The van der Waals surface area contributed by atoms with E-state index in [4.69, 9.17) is 9.47 Å². The minimum atomic E-state index is -0.561. The fourth-order valence-electron chi connectivity index (χ4n) is 3.61. The number of fused-ring (bicyclic) bond motifs is 1. The number of rotatable bonds is 6. The third-order valence-electron chi connectivity index (χ3n) is 4.90. The normalized spacial score (nSPS) is 16.2. The highest BCUT2D eigenvalue weighted by atomic mass is 32.1.